The van der Waals surface area contributed by atoms with E-state index in [0.717, 1.165) is 42.1 Å². The molecule has 2 aromatic heterocycles. The molecule has 1 atom stereocenters. The van der Waals surface area contributed by atoms with Crippen LogP contribution in [0.5, 0.6) is 11.6 Å². The summed E-state index contributed by atoms with van der Waals surface area (Å²) in [5, 5.41) is 15.3. The van der Waals surface area contributed by atoms with Crippen molar-refractivity contribution in [3.63, 3.8) is 0 Å². The molecule has 0 amide bonds. The number of piperidine rings is 1. The van der Waals surface area contributed by atoms with E-state index in [9.17, 15) is 9.90 Å². The number of para-hydroxylation sites is 1. The lowest BCUT2D eigenvalue weighted by molar-refractivity contribution is -0.930. The predicted molar refractivity (Wildman–Crippen MR) is 108 cm³/mol. The minimum Gasteiger partial charge on any atom is -0.496 e. The molecule has 8 nitrogen and oxygen atoms in total. The van der Waals surface area contributed by atoms with Crippen LogP contribution >= 0.6 is 11.3 Å². The Balaban J connectivity index is 1.75. The Hall–Kier alpha value is -2.65. The van der Waals surface area contributed by atoms with Gasteiger partial charge < -0.3 is 19.5 Å². The number of thiazole rings is 1. The van der Waals surface area contributed by atoms with Gasteiger partial charge >= 0.3 is 5.97 Å². The fraction of sp³-hybridized carbons (Fsp3) is 0.450. The SMILES string of the molecule is COC(=O)C1CC[NH+]([C@H](c2ccccc2OC)c2sc3nc(C)nn3c2O)CC1. The van der Waals surface area contributed by atoms with Gasteiger partial charge in [0.2, 0.25) is 10.8 Å². The number of benzene rings is 1. The molecule has 1 fully saturated rings. The van der Waals surface area contributed by atoms with Gasteiger partial charge in [-0.25, -0.2) is 4.98 Å². The molecule has 0 radical (unpaired) electrons. The van der Waals surface area contributed by atoms with Crippen molar-refractivity contribution in [3.05, 3.63) is 40.5 Å². The van der Waals surface area contributed by atoms with Gasteiger partial charge in [-0.3, -0.25) is 4.79 Å². The van der Waals surface area contributed by atoms with Crippen LogP contribution in [0.2, 0.25) is 0 Å². The quantitative estimate of drug-likeness (QED) is 0.610. The molecule has 2 N–H and O–H groups in total. The number of likely N-dealkylation sites (tertiary alicyclic amines) is 1. The summed E-state index contributed by atoms with van der Waals surface area (Å²) in [6.45, 7) is 3.38. The molecule has 0 bridgehead atoms. The third kappa shape index (κ3) is 3.56. The number of esters is 1. The van der Waals surface area contributed by atoms with E-state index in [4.69, 9.17) is 9.47 Å². The Bertz CT molecular complexity index is 1020. The predicted octanol–water partition coefficient (Wildman–Crippen LogP) is 1.37. The zero-order valence-electron chi connectivity index (χ0n) is 16.7. The third-order valence-electron chi connectivity index (χ3n) is 5.59. The van der Waals surface area contributed by atoms with Crippen molar-refractivity contribution >= 4 is 22.3 Å². The molecular formula is C20H25N4O4S+. The van der Waals surface area contributed by atoms with Crippen molar-refractivity contribution in [2.75, 3.05) is 27.3 Å². The highest BCUT2D eigenvalue weighted by molar-refractivity contribution is 7.17. The summed E-state index contributed by atoms with van der Waals surface area (Å²) in [5.74, 6) is 1.30. The van der Waals surface area contributed by atoms with Crippen LogP contribution in [0.3, 0.4) is 0 Å². The first-order chi connectivity index (χ1) is 14.0. The number of nitrogens with one attached hydrogen (secondary N) is 1. The number of hydrogen-bond acceptors (Lipinski definition) is 7. The average Bonchev–Trinajstić information content (AvgIpc) is 3.25. The third-order valence-corrected chi connectivity index (χ3v) is 6.67. The minimum atomic E-state index is -0.144. The molecule has 29 heavy (non-hydrogen) atoms. The Morgan fingerprint density at radius 1 is 1.31 bits per heavy atom. The van der Waals surface area contributed by atoms with Crippen LogP contribution in [0.1, 0.15) is 35.1 Å². The van der Waals surface area contributed by atoms with E-state index < -0.39 is 0 Å². The highest BCUT2D eigenvalue weighted by Crippen LogP contribution is 2.38. The number of quaternary nitrogens is 1. The first-order valence-electron chi connectivity index (χ1n) is 9.63. The smallest absolute Gasteiger partial charge is 0.309 e. The zero-order valence-corrected chi connectivity index (χ0v) is 17.5. The summed E-state index contributed by atoms with van der Waals surface area (Å²) < 4.78 is 12.1. The molecular weight excluding hydrogens is 392 g/mol. The number of aryl methyl sites for hydroxylation is 1. The first kappa shape index (κ1) is 19.7. The van der Waals surface area contributed by atoms with E-state index in [1.54, 1.807) is 14.0 Å². The van der Waals surface area contributed by atoms with Gasteiger partial charge in [-0.15, -0.1) is 5.10 Å². The molecule has 3 aromatic rings. The number of aromatic nitrogens is 3. The average molecular weight is 418 g/mol. The topological polar surface area (TPSA) is 90.4 Å². The van der Waals surface area contributed by atoms with Gasteiger partial charge in [0.15, 0.2) is 6.04 Å². The summed E-state index contributed by atoms with van der Waals surface area (Å²) >= 11 is 1.44. The van der Waals surface area contributed by atoms with Crippen molar-refractivity contribution in [1.82, 2.24) is 14.6 Å². The van der Waals surface area contributed by atoms with E-state index in [-0.39, 0.29) is 23.8 Å². The summed E-state index contributed by atoms with van der Waals surface area (Å²) in [7, 11) is 3.09. The van der Waals surface area contributed by atoms with E-state index in [1.807, 2.05) is 24.3 Å². The normalized spacial score (nSPS) is 20.5. The monoisotopic (exact) mass is 417 g/mol. The fourth-order valence-electron chi connectivity index (χ4n) is 4.17. The molecule has 154 valence electrons. The molecule has 1 saturated heterocycles. The van der Waals surface area contributed by atoms with Crippen LogP contribution in [0.25, 0.3) is 4.96 Å². The number of carbonyl (C=O) groups excluding carboxylic acids is 1. The Morgan fingerprint density at radius 2 is 2.03 bits per heavy atom. The molecule has 3 heterocycles. The number of aromatic hydroxyl groups is 1. The lowest BCUT2D eigenvalue weighted by atomic mass is 9.93. The fourth-order valence-corrected chi connectivity index (χ4v) is 5.34. The van der Waals surface area contributed by atoms with Gasteiger partial charge in [0.25, 0.3) is 0 Å². The van der Waals surface area contributed by atoms with E-state index in [1.165, 1.54) is 27.9 Å². The van der Waals surface area contributed by atoms with E-state index >= 15 is 0 Å². The lowest BCUT2D eigenvalue weighted by Crippen LogP contribution is -3.13. The van der Waals surface area contributed by atoms with Crippen molar-refractivity contribution in [1.29, 1.82) is 0 Å². The molecule has 0 spiro atoms. The maximum Gasteiger partial charge on any atom is 0.309 e. The number of carbonyl (C=O) groups is 1. The van der Waals surface area contributed by atoms with Gasteiger partial charge in [0.05, 0.1) is 38.8 Å². The van der Waals surface area contributed by atoms with Crippen molar-refractivity contribution in [3.8, 4) is 11.6 Å². The summed E-state index contributed by atoms with van der Waals surface area (Å²) in [5.41, 5.74) is 0.998. The van der Waals surface area contributed by atoms with Crippen LogP contribution in [0, 0.1) is 12.8 Å². The number of nitrogens with zero attached hydrogens (tertiary/aromatic N) is 3. The van der Waals surface area contributed by atoms with Crippen molar-refractivity contribution in [2.24, 2.45) is 5.92 Å². The Kier molecular flexibility index (Phi) is 5.42. The van der Waals surface area contributed by atoms with Crippen LogP contribution in [0.15, 0.2) is 24.3 Å². The number of methoxy groups -OCH3 is 2. The standard InChI is InChI=1S/C20H24N4O4S/c1-12-21-20-24(22-12)18(25)17(29-20)16(14-6-4-5-7-15(14)27-2)23-10-8-13(9-11-23)19(26)28-3/h4-7,13,16,25H,8-11H2,1-3H3/p+1/t16-/m1/s1. The second kappa shape index (κ2) is 8.00. The maximum atomic E-state index is 11.9. The van der Waals surface area contributed by atoms with Gasteiger partial charge in [-0.05, 0) is 19.1 Å². The van der Waals surface area contributed by atoms with Gasteiger partial charge in [-0.1, -0.05) is 23.5 Å². The molecule has 1 aliphatic heterocycles. The minimum absolute atomic E-state index is 0.0689. The molecule has 0 unspecified atom stereocenters. The Morgan fingerprint density at radius 3 is 2.69 bits per heavy atom. The van der Waals surface area contributed by atoms with Crippen LogP contribution in [0.4, 0.5) is 0 Å². The molecule has 1 aromatic carbocycles. The largest absolute Gasteiger partial charge is 0.496 e. The number of fused-ring (bicyclic) bond motifs is 1. The second-order valence-corrected chi connectivity index (χ2v) is 8.28. The first-order valence-corrected chi connectivity index (χ1v) is 10.5. The van der Waals surface area contributed by atoms with Crippen LogP contribution in [-0.4, -0.2) is 53.0 Å². The molecule has 0 aliphatic carbocycles. The second-order valence-electron chi connectivity index (χ2n) is 7.27. The summed E-state index contributed by atoms with van der Waals surface area (Å²) in [6, 6.07) is 7.73. The van der Waals surface area contributed by atoms with Gasteiger partial charge in [-0.2, -0.15) is 4.52 Å². The van der Waals surface area contributed by atoms with Crippen molar-refractivity contribution < 1.29 is 24.3 Å². The maximum absolute atomic E-state index is 11.9. The number of rotatable bonds is 5. The van der Waals surface area contributed by atoms with E-state index in [0.29, 0.717) is 10.8 Å². The highest BCUT2D eigenvalue weighted by atomic mass is 32.1. The van der Waals surface area contributed by atoms with Crippen molar-refractivity contribution in [2.45, 2.75) is 25.8 Å². The molecule has 9 heteroatoms. The zero-order chi connectivity index (χ0) is 20.5. The molecule has 1 aliphatic rings. The highest BCUT2D eigenvalue weighted by Gasteiger charge is 2.38. The van der Waals surface area contributed by atoms with Gasteiger partial charge in [0.1, 0.15) is 16.5 Å². The van der Waals surface area contributed by atoms with Crippen LogP contribution < -0.4 is 9.64 Å². The molecule has 0 saturated carbocycles. The summed E-state index contributed by atoms with van der Waals surface area (Å²) in [6.07, 6.45) is 1.49. The summed E-state index contributed by atoms with van der Waals surface area (Å²) in [4.78, 5) is 19.1. The number of ether oxygens (including phenoxy) is 2. The van der Waals surface area contributed by atoms with Crippen LogP contribution in [-0.2, 0) is 9.53 Å². The van der Waals surface area contributed by atoms with E-state index in [2.05, 4.69) is 10.1 Å². The number of hydrogen-bond donors (Lipinski definition) is 2. The van der Waals surface area contributed by atoms with Gasteiger partial charge in [0, 0.05) is 12.8 Å². The molecule has 4 rings (SSSR count). The lowest BCUT2D eigenvalue weighted by Gasteiger charge is -2.34. The Labute approximate surface area is 172 Å².